The molecule has 1 aromatic heterocycles. The second-order valence-electron chi connectivity index (χ2n) is 5.93. The first-order valence-electron chi connectivity index (χ1n) is 8.10. The molecule has 1 fully saturated rings. The van der Waals surface area contributed by atoms with Crippen molar-refractivity contribution in [1.29, 1.82) is 0 Å². The van der Waals surface area contributed by atoms with Crippen LogP contribution in [0.1, 0.15) is 44.0 Å². The second kappa shape index (κ2) is 7.19. The average Bonchev–Trinajstić information content (AvgIpc) is 3.03. The molecule has 2 nitrogen and oxygen atoms in total. The fourth-order valence-electron chi connectivity index (χ4n) is 3.32. The van der Waals surface area contributed by atoms with Gasteiger partial charge in [0, 0.05) is 23.5 Å². The van der Waals surface area contributed by atoms with Crippen molar-refractivity contribution >= 4 is 11.3 Å². The molecule has 1 aliphatic carbocycles. The third-order valence-corrected chi connectivity index (χ3v) is 5.42. The Morgan fingerprint density at radius 3 is 2.81 bits per heavy atom. The van der Waals surface area contributed by atoms with Crippen molar-refractivity contribution in [2.75, 3.05) is 0 Å². The first kappa shape index (κ1) is 14.7. The van der Waals surface area contributed by atoms with Crippen LogP contribution in [0.25, 0.3) is 11.3 Å². The van der Waals surface area contributed by atoms with Gasteiger partial charge in [0.1, 0.15) is 5.01 Å². The number of hydrogen-bond donors (Lipinski definition) is 1. The average molecular weight is 300 g/mol. The Morgan fingerprint density at radius 2 is 2.00 bits per heavy atom. The summed E-state index contributed by atoms with van der Waals surface area (Å²) in [6, 6.07) is 11.1. The zero-order valence-corrected chi connectivity index (χ0v) is 13.5. The van der Waals surface area contributed by atoms with Crippen LogP contribution in [0.5, 0.6) is 0 Å². The highest BCUT2D eigenvalue weighted by Gasteiger charge is 2.23. The molecule has 0 saturated heterocycles. The van der Waals surface area contributed by atoms with Crippen LogP contribution in [0.4, 0.5) is 0 Å². The van der Waals surface area contributed by atoms with Crippen LogP contribution in [0.15, 0.2) is 35.7 Å². The van der Waals surface area contributed by atoms with Crippen molar-refractivity contribution in [3.63, 3.8) is 0 Å². The summed E-state index contributed by atoms with van der Waals surface area (Å²) in [7, 11) is 0. The summed E-state index contributed by atoms with van der Waals surface area (Å²) in [4.78, 5) is 4.77. The van der Waals surface area contributed by atoms with Gasteiger partial charge in [-0.2, -0.15) is 0 Å². The van der Waals surface area contributed by atoms with Gasteiger partial charge in [0.15, 0.2) is 0 Å². The maximum Gasteiger partial charge on any atom is 0.107 e. The van der Waals surface area contributed by atoms with Crippen LogP contribution in [-0.4, -0.2) is 11.0 Å². The number of hydrogen-bond acceptors (Lipinski definition) is 3. The topological polar surface area (TPSA) is 24.9 Å². The highest BCUT2D eigenvalue weighted by molar-refractivity contribution is 7.09. The Morgan fingerprint density at radius 1 is 1.19 bits per heavy atom. The lowest BCUT2D eigenvalue weighted by Gasteiger charge is -2.31. The van der Waals surface area contributed by atoms with Gasteiger partial charge in [-0.05, 0) is 18.8 Å². The second-order valence-corrected chi connectivity index (χ2v) is 6.88. The van der Waals surface area contributed by atoms with E-state index < -0.39 is 0 Å². The smallest absolute Gasteiger partial charge is 0.107 e. The minimum absolute atomic E-state index is 0.688. The van der Waals surface area contributed by atoms with E-state index >= 15 is 0 Å². The molecule has 0 amide bonds. The van der Waals surface area contributed by atoms with Gasteiger partial charge in [0.2, 0.25) is 0 Å². The Labute approximate surface area is 131 Å². The zero-order chi connectivity index (χ0) is 14.5. The molecule has 2 unspecified atom stereocenters. The van der Waals surface area contributed by atoms with Gasteiger partial charge in [0.05, 0.1) is 5.69 Å². The summed E-state index contributed by atoms with van der Waals surface area (Å²) in [5.41, 5.74) is 2.32. The monoisotopic (exact) mass is 300 g/mol. The first-order chi connectivity index (χ1) is 10.4. The third-order valence-electron chi connectivity index (χ3n) is 4.57. The summed E-state index contributed by atoms with van der Waals surface area (Å²) >= 11 is 1.77. The van der Waals surface area contributed by atoms with E-state index in [1.54, 1.807) is 11.3 Å². The third kappa shape index (κ3) is 3.72. The predicted molar refractivity (Wildman–Crippen MR) is 90.4 cm³/mol. The Kier molecular flexibility index (Phi) is 5.04. The summed E-state index contributed by atoms with van der Waals surface area (Å²) in [6.45, 7) is 3.24. The number of nitrogens with zero attached hydrogens (tertiary/aromatic N) is 1. The number of aromatic nitrogens is 1. The maximum atomic E-state index is 4.77. The molecule has 2 aromatic rings. The summed E-state index contributed by atoms with van der Waals surface area (Å²) in [5.74, 6) is 0.854. The summed E-state index contributed by atoms with van der Waals surface area (Å²) in [5, 5.41) is 7.13. The molecule has 0 bridgehead atoms. The van der Waals surface area contributed by atoms with E-state index in [9.17, 15) is 0 Å². The van der Waals surface area contributed by atoms with Crippen LogP contribution in [0.2, 0.25) is 0 Å². The lowest BCUT2D eigenvalue weighted by Crippen LogP contribution is -2.37. The number of benzene rings is 1. The van der Waals surface area contributed by atoms with Gasteiger partial charge in [-0.15, -0.1) is 11.3 Å². The lowest BCUT2D eigenvalue weighted by molar-refractivity contribution is 0.254. The first-order valence-corrected chi connectivity index (χ1v) is 8.98. The van der Waals surface area contributed by atoms with Crippen LogP contribution >= 0.6 is 11.3 Å². The van der Waals surface area contributed by atoms with Crippen molar-refractivity contribution in [2.45, 2.75) is 51.6 Å². The van der Waals surface area contributed by atoms with E-state index in [1.165, 1.54) is 42.7 Å². The molecule has 1 N–H and O–H groups in total. The number of nitrogens with one attached hydrogen (secondary N) is 1. The van der Waals surface area contributed by atoms with E-state index in [2.05, 4.69) is 41.9 Å². The molecule has 0 spiro atoms. The zero-order valence-electron chi connectivity index (χ0n) is 12.7. The normalized spacial score (nSPS) is 22.3. The highest BCUT2D eigenvalue weighted by atomic mass is 32.1. The fraction of sp³-hybridized carbons (Fsp3) is 0.500. The van der Waals surface area contributed by atoms with Crippen LogP contribution in [-0.2, 0) is 6.54 Å². The molecule has 112 valence electrons. The molecule has 1 saturated carbocycles. The number of rotatable bonds is 5. The van der Waals surface area contributed by atoms with Gasteiger partial charge < -0.3 is 5.32 Å². The minimum atomic E-state index is 0.688. The van der Waals surface area contributed by atoms with Crippen molar-refractivity contribution in [2.24, 2.45) is 5.92 Å². The molecule has 1 heterocycles. The molecule has 2 atom stereocenters. The van der Waals surface area contributed by atoms with Crippen LogP contribution < -0.4 is 5.32 Å². The van der Waals surface area contributed by atoms with Gasteiger partial charge in [-0.25, -0.2) is 4.98 Å². The molecule has 3 heteroatoms. The van der Waals surface area contributed by atoms with Gasteiger partial charge in [-0.1, -0.05) is 56.5 Å². The Balaban J connectivity index is 1.60. The molecular formula is C18H24N2S. The molecule has 1 aliphatic rings. The number of thiazole rings is 1. The lowest BCUT2D eigenvalue weighted by atomic mass is 9.83. The van der Waals surface area contributed by atoms with Crippen LogP contribution in [0, 0.1) is 5.92 Å². The summed E-state index contributed by atoms with van der Waals surface area (Å²) in [6.07, 6.45) is 6.80. The predicted octanol–water partition coefficient (Wildman–Crippen LogP) is 4.87. The van der Waals surface area contributed by atoms with Gasteiger partial charge >= 0.3 is 0 Å². The highest BCUT2D eigenvalue weighted by Crippen LogP contribution is 2.27. The fourth-order valence-corrected chi connectivity index (χ4v) is 4.07. The Hall–Kier alpha value is -1.19. The van der Waals surface area contributed by atoms with Crippen molar-refractivity contribution in [3.05, 3.63) is 40.7 Å². The standard InChI is InChI=1S/C18H24N2S/c1-2-14-8-6-7-11-16(14)19-12-18-20-17(13-21-18)15-9-4-3-5-10-15/h3-5,9-10,13-14,16,19H,2,6-8,11-12H2,1H3. The van der Waals surface area contributed by atoms with Crippen LogP contribution in [0.3, 0.4) is 0 Å². The molecule has 0 aliphatic heterocycles. The minimum Gasteiger partial charge on any atom is -0.307 e. The molecule has 3 rings (SSSR count). The maximum absolute atomic E-state index is 4.77. The SMILES string of the molecule is CCC1CCCCC1NCc1nc(-c2ccccc2)cs1. The molecular weight excluding hydrogens is 276 g/mol. The van der Waals surface area contributed by atoms with Crippen molar-refractivity contribution in [1.82, 2.24) is 10.3 Å². The van der Waals surface area contributed by atoms with Gasteiger partial charge in [0.25, 0.3) is 0 Å². The largest absolute Gasteiger partial charge is 0.307 e. The van der Waals surface area contributed by atoms with Crippen molar-refractivity contribution < 1.29 is 0 Å². The van der Waals surface area contributed by atoms with Gasteiger partial charge in [-0.3, -0.25) is 0 Å². The van der Waals surface area contributed by atoms with E-state index in [1.807, 2.05) is 6.07 Å². The molecule has 1 aromatic carbocycles. The van der Waals surface area contributed by atoms with Crippen molar-refractivity contribution in [3.8, 4) is 11.3 Å². The molecule has 21 heavy (non-hydrogen) atoms. The van der Waals surface area contributed by atoms with E-state index in [-0.39, 0.29) is 0 Å². The summed E-state index contributed by atoms with van der Waals surface area (Å²) < 4.78 is 0. The molecule has 0 radical (unpaired) electrons. The van der Waals surface area contributed by atoms with E-state index in [0.717, 1.165) is 18.2 Å². The van der Waals surface area contributed by atoms with E-state index in [0.29, 0.717) is 6.04 Å². The quantitative estimate of drug-likeness (QED) is 0.852. The van der Waals surface area contributed by atoms with E-state index in [4.69, 9.17) is 4.98 Å². The Bertz CT molecular complexity index is 549.